The monoisotopic (exact) mass is 611 g/mol. The van der Waals surface area contributed by atoms with Gasteiger partial charge in [0.1, 0.15) is 0 Å². The summed E-state index contributed by atoms with van der Waals surface area (Å²) in [5.74, 6) is -0.0258. The van der Waals surface area contributed by atoms with Gasteiger partial charge in [-0.1, -0.05) is 60.7 Å². The van der Waals surface area contributed by atoms with Crippen LogP contribution >= 0.6 is 56.9 Å². The third kappa shape index (κ3) is 5.61. The fourth-order valence-electron chi connectivity index (χ4n) is 2.81. The first kappa shape index (κ1) is 21.4. The number of carbonyl (C=O) groups is 1. The SMILES string of the molecule is CSc1cc(I)cc(I)c1N(Cc1ccccc1)C(=O)/C=C/c1ccccc1. The van der Waals surface area contributed by atoms with Crippen molar-refractivity contribution in [2.24, 2.45) is 0 Å². The Balaban J connectivity index is 2.00. The summed E-state index contributed by atoms with van der Waals surface area (Å²) < 4.78 is 2.24. The van der Waals surface area contributed by atoms with E-state index in [1.54, 1.807) is 17.8 Å². The number of carbonyl (C=O) groups excluding carboxylic acids is 1. The zero-order valence-electron chi connectivity index (χ0n) is 15.3. The van der Waals surface area contributed by atoms with Gasteiger partial charge in [0.25, 0.3) is 5.91 Å². The summed E-state index contributed by atoms with van der Waals surface area (Å²) in [5.41, 5.74) is 3.09. The normalized spacial score (nSPS) is 11.0. The molecule has 1 amide bonds. The predicted octanol–water partition coefficient (Wildman–Crippen LogP) is 6.86. The molecule has 0 fully saturated rings. The molecule has 142 valence electrons. The topological polar surface area (TPSA) is 20.3 Å². The van der Waals surface area contributed by atoms with Gasteiger partial charge in [-0.05, 0) is 80.8 Å². The van der Waals surface area contributed by atoms with Gasteiger partial charge in [-0.15, -0.1) is 11.8 Å². The van der Waals surface area contributed by atoms with Gasteiger partial charge < -0.3 is 4.90 Å². The maximum Gasteiger partial charge on any atom is 0.251 e. The number of amides is 1. The van der Waals surface area contributed by atoms with Gasteiger partial charge in [0.15, 0.2) is 0 Å². The molecule has 3 aromatic rings. The van der Waals surface area contributed by atoms with Crippen LogP contribution in [-0.2, 0) is 11.3 Å². The molecule has 0 aliphatic heterocycles. The number of hydrogen-bond acceptors (Lipinski definition) is 2. The molecule has 3 aromatic carbocycles. The second-order valence-corrected chi connectivity index (χ2v) is 9.35. The lowest BCUT2D eigenvalue weighted by molar-refractivity contribution is -0.114. The quantitative estimate of drug-likeness (QED) is 0.173. The number of nitrogens with zero attached hydrogens (tertiary/aromatic N) is 1. The van der Waals surface area contributed by atoms with Crippen LogP contribution in [0.1, 0.15) is 11.1 Å². The Morgan fingerprint density at radius 3 is 2.29 bits per heavy atom. The van der Waals surface area contributed by atoms with Gasteiger partial charge >= 0.3 is 0 Å². The van der Waals surface area contributed by atoms with Crippen molar-refractivity contribution >= 4 is 74.6 Å². The first-order valence-corrected chi connectivity index (χ1v) is 12.1. The molecule has 2 nitrogen and oxygen atoms in total. The standard InChI is InChI=1S/C23H19I2NOS/c1-28-21-15-19(24)14-20(25)23(21)26(16-18-10-6-3-7-11-18)22(27)13-12-17-8-4-2-5-9-17/h2-15H,16H2,1H3/b13-12+. The Bertz CT molecular complexity index is 975. The summed E-state index contributed by atoms with van der Waals surface area (Å²) in [5, 5.41) is 0. The van der Waals surface area contributed by atoms with E-state index in [4.69, 9.17) is 0 Å². The van der Waals surface area contributed by atoms with Crippen LogP contribution < -0.4 is 4.90 Å². The molecule has 0 spiro atoms. The number of benzene rings is 3. The Hall–Kier alpha value is -1.32. The fourth-order valence-corrected chi connectivity index (χ4v) is 6.00. The lowest BCUT2D eigenvalue weighted by Gasteiger charge is -2.25. The minimum Gasteiger partial charge on any atom is -0.302 e. The molecule has 0 aliphatic rings. The molecule has 0 saturated heterocycles. The lowest BCUT2D eigenvalue weighted by atomic mass is 10.1. The molecule has 0 unspecified atom stereocenters. The molecule has 0 heterocycles. The second kappa shape index (κ2) is 10.5. The highest BCUT2D eigenvalue weighted by Crippen LogP contribution is 2.36. The zero-order chi connectivity index (χ0) is 19.9. The highest BCUT2D eigenvalue weighted by atomic mass is 127. The predicted molar refractivity (Wildman–Crippen MR) is 137 cm³/mol. The summed E-state index contributed by atoms with van der Waals surface area (Å²) in [7, 11) is 0. The van der Waals surface area contributed by atoms with Gasteiger partial charge in [0.2, 0.25) is 0 Å². The zero-order valence-corrected chi connectivity index (χ0v) is 20.4. The van der Waals surface area contributed by atoms with Crippen LogP contribution in [-0.4, -0.2) is 12.2 Å². The van der Waals surface area contributed by atoms with Crippen molar-refractivity contribution in [3.63, 3.8) is 0 Å². The van der Waals surface area contributed by atoms with E-state index in [0.717, 1.165) is 25.3 Å². The van der Waals surface area contributed by atoms with E-state index in [2.05, 4.69) is 75.7 Å². The van der Waals surface area contributed by atoms with Crippen molar-refractivity contribution in [2.75, 3.05) is 11.2 Å². The van der Waals surface area contributed by atoms with Gasteiger partial charge in [0.05, 0.1) is 12.2 Å². The first-order chi connectivity index (χ1) is 13.6. The van der Waals surface area contributed by atoms with Crippen LogP contribution in [0.15, 0.2) is 83.8 Å². The van der Waals surface area contributed by atoms with Crippen LogP contribution in [0, 0.1) is 7.14 Å². The Morgan fingerprint density at radius 1 is 1.00 bits per heavy atom. The molecule has 0 radical (unpaired) electrons. The molecule has 0 aromatic heterocycles. The largest absolute Gasteiger partial charge is 0.302 e. The fraction of sp³-hybridized carbons (Fsp3) is 0.0870. The number of anilines is 1. The van der Waals surface area contributed by atoms with E-state index in [9.17, 15) is 4.79 Å². The van der Waals surface area contributed by atoms with E-state index in [1.807, 2.05) is 59.5 Å². The average Bonchev–Trinajstić information content (AvgIpc) is 2.71. The Morgan fingerprint density at radius 2 is 1.64 bits per heavy atom. The highest BCUT2D eigenvalue weighted by molar-refractivity contribution is 14.1. The van der Waals surface area contributed by atoms with Crippen LogP contribution in [0.2, 0.25) is 0 Å². The van der Waals surface area contributed by atoms with Gasteiger partial charge in [-0.2, -0.15) is 0 Å². The van der Waals surface area contributed by atoms with E-state index in [1.165, 1.54) is 3.57 Å². The maximum absolute atomic E-state index is 13.3. The molecular weight excluding hydrogens is 592 g/mol. The summed E-state index contributed by atoms with van der Waals surface area (Å²) >= 11 is 6.32. The summed E-state index contributed by atoms with van der Waals surface area (Å²) in [4.78, 5) is 16.2. The van der Waals surface area contributed by atoms with Gasteiger partial charge in [0, 0.05) is 18.1 Å². The maximum atomic E-state index is 13.3. The molecule has 0 atom stereocenters. The first-order valence-electron chi connectivity index (χ1n) is 8.70. The molecular formula is C23H19I2NOS. The highest BCUT2D eigenvalue weighted by Gasteiger charge is 2.21. The van der Waals surface area contributed by atoms with E-state index in [0.29, 0.717) is 6.54 Å². The summed E-state index contributed by atoms with van der Waals surface area (Å²) in [6.45, 7) is 0.531. The van der Waals surface area contributed by atoms with Gasteiger partial charge in [-0.25, -0.2) is 0 Å². The summed E-state index contributed by atoms with van der Waals surface area (Å²) in [6.07, 6.45) is 5.59. The molecule has 0 saturated carbocycles. The summed E-state index contributed by atoms with van der Waals surface area (Å²) in [6, 6.07) is 24.3. The Labute approximate surface area is 197 Å². The van der Waals surface area contributed by atoms with Crippen LogP contribution in [0.25, 0.3) is 6.08 Å². The van der Waals surface area contributed by atoms with Crippen LogP contribution in [0.5, 0.6) is 0 Å². The second-order valence-electron chi connectivity index (χ2n) is 6.09. The van der Waals surface area contributed by atoms with Crippen molar-refractivity contribution < 1.29 is 4.79 Å². The minimum atomic E-state index is -0.0258. The van der Waals surface area contributed by atoms with Gasteiger partial charge in [-0.3, -0.25) is 4.79 Å². The Kier molecular flexibility index (Phi) is 7.99. The average molecular weight is 611 g/mol. The van der Waals surface area contributed by atoms with E-state index >= 15 is 0 Å². The van der Waals surface area contributed by atoms with Crippen molar-refractivity contribution in [2.45, 2.75) is 11.4 Å². The molecule has 0 N–H and O–H groups in total. The number of thioether (sulfide) groups is 1. The van der Waals surface area contributed by atoms with Crippen LogP contribution in [0.3, 0.4) is 0 Å². The van der Waals surface area contributed by atoms with E-state index in [-0.39, 0.29) is 5.91 Å². The molecule has 3 rings (SSSR count). The van der Waals surface area contributed by atoms with E-state index < -0.39 is 0 Å². The number of halogens is 2. The van der Waals surface area contributed by atoms with Crippen molar-refractivity contribution in [3.8, 4) is 0 Å². The lowest BCUT2D eigenvalue weighted by Crippen LogP contribution is -2.30. The molecule has 0 bridgehead atoms. The van der Waals surface area contributed by atoms with Crippen LogP contribution in [0.4, 0.5) is 5.69 Å². The minimum absolute atomic E-state index is 0.0258. The smallest absolute Gasteiger partial charge is 0.251 e. The van der Waals surface area contributed by atoms with Crippen molar-refractivity contribution in [1.82, 2.24) is 0 Å². The molecule has 5 heteroatoms. The number of rotatable bonds is 6. The third-order valence-electron chi connectivity index (χ3n) is 4.15. The number of hydrogen-bond donors (Lipinski definition) is 0. The van der Waals surface area contributed by atoms with Crippen molar-refractivity contribution in [3.05, 3.63) is 97.1 Å². The third-order valence-corrected chi connectivity index (χ3v) is 6.35. The van der Waals surface area contributed by atoms with Crippen molar-refractivity contribution in [1.29, 1.82) is 0 Å². The molecule has 28 heavy (non-hydrogen) atoms. The molecule has 0 aliphatic carbocycles.